The van der Waals surface area contributed by atoms with Crippen LogP contribution in [0.3, 0.4) is 0 Å². The van der Waals surface area contributed by atoms with Gasteiger partial charge in [0.15, 0.2) is 0 Å². The minimum absolute atomic E-state index is 0.110. The number of para-hydroxylation sites is 3. The highest BCUT2D eigenvalue weighted by Gasteiger charge is 2.21. The lowest BCUT2D eigenvalue weighted by Crippen LogP contribution is -2.11. The Morgan fingerprint density at radius 1 is 0.317 bits per heavy atom. The van der Waals surface area contributed by atoms with Crippen LogP contribution in [0.1, 0.15) is 5.48 Å². The van der Waals surface area contributed by atoms with Gasteiger partial charge in [-0.2, -0.15) is 0 Å². The van der Waals surface area contributed by atoms with Gasteiger partial charge in [0.25, 0.3) is 0 Å². The first kappa shape index (κ1) is 32.4. The number of hydrogen-bond acceptors (Lipinski definition) is 2. The quantitative estimate of drug-likeness (QED) is 0.151. The van der Waals surface area contributed by atoms with Gasteiger partial charge in [-0.1, -0.05) is 164 Å². The molecule has 0 radical (unpaired) electrons. The van der Waals surface area contributed by atoms with E-state index in [9.17, 15) is 5.48 Å². The van der Waals surface area contributed by atoms with Crippen LogP contribution in [0.5, 0.6) is 0 Å². The summed E-state index contributed by atoms with van der Waals surface area (Å²) in [5.74, 6) is 0. The molecule has 0 bridgehead atoms. The summed E-state index contributed by atoms with van der Waals surface area (Å²) in [5.41, 5.74) is 8.66. The Bertz CT molecular complexity index is 3860. The Morgan fingerprint density at radius 3 is 1.59 bits per heavy atom. The van der Waals surface area contributed by atoms with E-state index in [2.05, 4.69) is 137 Å². The molecule has 0 aliphatic heterocycles. The molecule has 63 heavy (non-hydrogen) atoms. The highest BCUT2D eigenvalue weighted by Crippen LogP contribution is 2.45. The molecule has 0 spiro atoms. The lowest BCUT2D eigenvalue weighted by atomic mass is 9.96. The third-order valence-electron chi connectivity index (χ3n) is 12.2. The van der Waals surface area contributed by atoms with Gasteiger partial charge < -0.3 is 14.4 Å². The molecule has 12 aromatic rings. The normalized spacial score (nSPS) is 12.4. The van der Waals surface area contributed by atoms with Crippen LogP contribution in [-0.4, -0.2) is 4.57 Å². The van der Waals surface area contributed by atoms with E-state index in [1.165, 1.54) is 5.39 Å². The van der Waals surface area contributed by atoms with Crippen LogP contribution in [0.2, 0.25) is 0 Å². The molecule has 0 saturated carbocycles. The topological polar surface area (TPSA) is 11.4 Å². The van der Waals surface area contributed by atoms with Gasteiger partial charge in [-0.3, -0.25) is 0 Å². The molecular formula is C60H41N3. The van der Waals surface area contributed by atoms with Crippen molar-refractivity contribution in [3.05, 3.63) is 249 Å². The molecule has 1 aromatic heterocycles. The van der Waals surface area contributed by atoms with Gasteiger partial charge in [0, 0.05) is 50.3 Å². The number of nitrogens with zero attached hydrogens (tertiary/aromatic N) is 3. The van der Waals surface area contributed by atoms with E-state index >= 15 is 0 Å². The maximum absolute atomic E-state index is 9.70. The Morgan fingerprint density at radius 2 is 0.857 bits per heavy atom. The summed E-state index contributed by atoms with van der Waals surface area (Å²) in [4.78, 5) is 4.14. The molecular weight excluding hydrogens is 763 g/mol. The molecule has 3 nitrogen and oxygen atoms in total. The molecule has 0 unspecified atom stereocenters. The molecule has 296 valence electrons. The minimum atomic E-state index is -0.124. The Hall–Kier alpha value is -8.40. The van der Waals surface area contributed by atoms with Crippen molar-refractivity contribution >= 4 is 88.2 Å². The highest BCUT2D eigenvalue weighted by molar-refractivity contribution is 6.12. The summed E-state index contributed by atoms with van der Waals surface area (Å²) in [5, 5.41) is 8.38. The lowest BCUT2D eigenvalue weighted by Gasteiger charge is -2.28. The molecule has 0 N–H and O–H groups in total. The number of anilines is 6. The summed E-state index contributed by atoms with van der Waals surface area (Å²) in [6.07, 6.45) is 0. The van der Waals surface area contributed by atoms with E-state index in [-0.39, 0.29) is 35.4 Å². The number of aromatic nitrogens is 1. The smallest absolute Gasteiger partial charge is 0.0645 e. The van der Waals surface area contributed by atoms with Crippen molar-refractivity contribution in [2.45, 2.75) is 0 Å². The van der Waals surface area contributed by atoms with E-state index in [4.69, 9.17) is 0 Å². The maximum Gasteiger partial charge on any atom is 0.0645 e. The van der Waals surface area contributed by atoms with Crippen molar-refractivity contribution in [3.63, 3.8) is 0 Å². The molecule has 0 atom stereocenters. The van der Waals surface area contributed by atoms with Crippen LogP contribution in [0.15, 0.2) is 249 Å². The summed E-state index contributed by atoms with van der Waals surface area (Å²) >= 11 is 0. The number of fused-ring (bicyclic) bond motifs is 6. The molecule has 0 fully saturated rings. The van der Waals surface area contributed by atoms with E-state index in [1.807, 2.05) is 102 Å². The monoisotopic (exact) mass is 807 g/mol. The predicted molar refractivity (Wildman–Crippen MR) is 268 cm³/mol. The molecule has 12 rings (SSSR count). The van der Waals surface area contributed by atoms with E-state index in [0.29, 0.717) is 5.56 Å². The first-order chi connectivity index (χ1) is 32.9. The zero-order valence-corrected chi connectivity index (χ0v) is 34.2. The van der Waals surface area contributed by atoms with Crippen molar-refractivity contribution in [1.29, 1.82) is 0 Å². The summed E-state index contributed by atoms with van der Waals surface area (Å²) in [7, 11) is 0. The lowest BCUT2D eigenvalue weighted by molar-refractivity contribution is 1.18. The van der Waals surface area contributed by atoms with Gasteiger partial charge >= 0.3 is 0 Å². The SMILES string of the molecule is [2H]c1c([2H])c(N(c2ccccc2)c2ccc3ccccc3c2)c([2H])c([2H])c1-c1cccc2c(N(c3ccc4ccccc4c3)c3ccc4c5ccccc5n(-c5ccccc5)c4c3)cccc12. The number of hydrogen-bond donors (Lipinski definition) is 0. The number of rotatable bonds is 8. The molecule has 0 saturated heterocycles. The van der Waals surface area contributed by atoms with Crippen LogP contribution in [0, 0.1) is 0 Å². The number of benzene rings is 11. The van der Waals surface area contributed by atoms with Gasteiger partial charge in [-0.05, 0) is 123 Å². The fourth-order valence-electron chi connectivity index (χ4n) is 9.26. The van der Waals surface area contributed by atoms with Crippen LogP contribution in [-0.2, 0) is 0 Å². The Kier molecular flexibility index (Phi) is 7.84. The molecule has 11 aromatic carbocycles. The summed E-state index contributed by atoms with van der Waals surface area (Å²) in [6, 6.07) is 76.1. The van der Waals surface area contributed by atoms with Gasteiger partial charge in [-0.25, -0.2) is 0 Å². The molecule has 0 aliphatic carbocycles. The van der Waals surface area contributed by atoms with Gasteiger partial charge in [-0.15, -0.1) is 0 Å². The summed E-state index contributed by atoms with van der Waals surface area (Å²) < 4.78 is 41.1. The standard InChI is InChI=1S/C60H41N3/c1-3-19-47(20-4-1)61(50-35-29-42-15-7-9-17-45(42)39-50)49-33-31-44(32-34-49)53-24-13-26-55-54(53)25-14-28-58(55)62(51-36-30-43-16-8-10-18-46(43)40-51)52-37-38-57-56-23-11-12-27-59(56)63(60(57)41-52)48-21-5-2-6-22-48/h1-41H/i31D,32D,33D,34D. The molecule has 3 heteroatoms. The second-order valence-electron chi connectivity index (χ2n) is 15.9. The Balaban J connectivity index is 1.06. The maximum atomic E-state index is 9.70. The summed E-state index contributed by atoms with van der Waals surface area (Å²) in [6.45, 7) is 0. The van der Waals surface area contributed by atoms with Crippen LogP contribution >= 0.6 is 0 Å². The van der Waals surface area contributed by atoms with E-state index < -0.39 is 0 Å². The van der Waals surface area contributed by atoms with Crippen molar-refractivity contribution in [1.82, 2.24) is 4.57 Å². The first-order valence-electron chi connectivity index (χ1n) is 23.3. The predicted octanol–water partition coefficient (Wildman–Crippen LogP) is 16.8. The average molecular weight is 808 g/mol. The van der Waals surface area contributed by atoms with E-state index in [1.54, 1.807) is 0 Å². The van der Waals surface area contributed by atoms with Crippen molar-refractivity contribution < 1.29 is 5.48 Å². The van der Waals surface area contributed by atoms with Crippen LogP contribution in [0.25, 0.3) is 70.9 Å². The fraction of sp³-hybridized carbons (Fsp3) is 0. The third-order valence-corrected chi connectivity index (χ3v) is 12.2. The molecule has 0 aliphatic rings. The van der Waals surface area contributed by atoms with Gasteiger partial charge in [0.2, 0.25) is 0 Å². The fourth-order valence-corrected chi connectivity index (χ4v) is 9.26. The van der Waals surface area contributed by atoms with Crippen molar-refractivity contribution in [3.8, 4) is 16.8 Å². The zero-order valence-electron chi connectivity index (χ0n) is 38.2. The average Bonchev–Trinajstić information content (AvgIpc) is 3.71. The zero-order chi connectivity index (χ0) is 45.2. The molecule has 0 amide bonds. The Labute approximate surface area is 372 Å². The van der Waals surface area contributed by atoms with Crippen molar-refractivity contribution in [2.24, 2.45) is 0 Å². The van der Waals surface area contributed by atoms with Gasteiger partial charge in [0.1, 0.15) is 0 Å². The minimum Gasteiger partial charge on any atom is -0.310 e. The van der Waals surface area contributed by atoms with E-state index in [0.717, 1.165) is 82.9 Å². The largest absolute Gasteiger partial charge is 0.310 e. The van der Waals surface area contributed by atoms with Crippen LogP contribution < -0.4 is 9.80 Å². The first-order valence-corrected chi connectivity index (χ1v) is 21.3. The molecule has 1 heterocycles. The third kappa shape index (κ3) is 6.38. The van der Waals surface area contributed by atoms with Crippen LogP contribution in [0.4, 0.5) is 34.1 Å². The van der Waals surface area contributed by atoms with Gasteiger partial charge in [0.05, 0.1) is 22.2 Å². The highest BCUT2D eigenvalue weighted by atomic mass is 15.2. The van der Waals surface area contributed by atoms with Crippen molar-refractivity contribution in [2.75, 3.05) is 9.80 Å². The second-order valence-corrected chi connectivity index (χ2v) is 15.9. The second kappa shape index (κ2) is 15.3.